The fraction of sp³-hybridized carbons (Fsp3) is 0.556. The van der Waals surface area contributed by atoms with Gasteiger partial charge in [0.05, 0.1) is 11.0 Å². The summed E-state index contributed by atoms with van der Waals surface area (Å²) in [5, 5.41) is 3.18. The van der Waals surface area contributed by atoms with Gasteiger partial charge in [-0.1, -0.05) is 19.1 Å². The van der Waals surface area contributed by atoms with Crippen LogP contribution in [0.5, 0.6) is 0 Å². The van der Waals surface area contributed by atoms with Gasteiger partial charge in [0.2, 0.25) is 5.91 Å². The highest BCUT2D eigenvalue weighted by Gasteiger charge is 2.19. The van der Waals surface area contributed by atoms with Crippen LogP contribution in [0.1, 0.15) is 51.3 Å². The third kappa shape index (κ3) is 3.87. The van der Waals surface area contributed by atoms with E-state index in [-0.39, 0.29) is 5.91 Å². The highest BCUT2D eigenvalue weighted by molar-refractivity contribution is 5.76. The van der Waals surface area contributed by atoms with Crippen LogP contribution >= 0.6 is 0 Å². The van der Waals surface area contributed by atoms with Crippen molar-refractivity contribution in [1.29, 1.82) is 0 Å². The summed E-state index contributed by atoms with van der Waals surface area (Å²) in [6.45, 7) is 2.30. The number of nitrogens with one attached hydrogen (secondary N) is 2. The first-order valence-electron chi connectivity index (χ1n) is 8.43. The van der Waals surface area contributed by atoms with Crippen molar-refractivity contribution in [2.45, 2.75) is 57.9 Å². The van der Waals surface area contributed by atoms with E-state index in [1.807, 2.05) is 24.3 Å². The van der Waals surface area contributed by atoms with Crippen LogP contribution in [0.15, 0.2) is 24.3 Å². The van der Waals surface area contributed by atoms with Crippen molar-refractivity contribution >= 4 is 16.9 Å². The molecular formula is C18H25N3O. The van der Waals surface area contributed by atoms with Crippen molar-refractivity contribution in [3.05, 3.63) is 30.1 Å². The van der Waals surface area contributed by atoms with Crippen molar-refractivity contribution in [1.82, 2.24) is 15.3 Å². The predicted molar refractivity (Wildman–Crippen MR) is 88.6 cm³/mol. The number of fused-ring (bicyclic) bond motifs is 1. The lowest BCUT2D eigenvalue weighted by Gasteiger charge is -2.26. The first kappa shape index (κ1) is 15.1. The van der Waals surface area contributed by atoms with Crippen LogP contribution in [-0.2, 0) is 11.2 Å². The Kier molecular flexibility index (Phi) is 4.76. The Balaban J connectivity index is 1.41. The number of imidazole rings is 1. The zero-order chi connectivity index (χ0) is 15.4. The molecule has 0 bridgehead atoms. The monoisotopic (exact) mass is 299 g/mol. The normalized spacial score (nSPS) is 21.9. The zero-order valence-corrected chi connectivity index (χ0v) is 13.3. The largest absolute Gasteiger partial charge is 0.353 e. The first-order chi connectivity index (χ1) is 10.7. The van der Waals surface area contributed by atoms with Crippen LogP contribution < -0.4 is 5.32 Å². The summed E-state index contributed by atoms with van der Waals surface area (Å²) in [6, 6.07) is 8.43. The zero-order valence-electron chi connectivity index (χ0n) is 13.3. The molecular weight excluding hydrogens is 274 g/mol. The summed E-state index contributed by atoms with van der Waals surface area (Å²) in [7, 11) is 0. The Morgan fingerprint density at radius 2 is 2.05 bits per heavy atom. The van der Waals surface area contributed by atoms with Gasteiger partial charge in [0.15, 0.2) is 0 Å². The summed E-state index contributed by atoms with van der Waals surface area (Å²) in [5.74, 6) is 1.98. The van der Waals surface area contributed by atoms with E-state index < -0.39 is 0 Å². The molecule has 1 aromatic carbocycles. The van der Waals surface area contributed by atoms with Crippen LogP contribution in [0.3, 0.4) is 0 Å². The van der Waals surface area contributed by atoms with E-state index in [4.69, 9.17) is 0 Å². The van der Waals surface area contributed by atoms with E-state index in [1.165, 1.54) is 12.8 Å². The van der Waals surface area contributed by atoms with Crippen molar-refractivity contribution in [2.24, 2.45) is 5.92 Å². The predicted octanol–water partition coefficient (Wildman–Crippen LogP) is 3.58. The molecule has 1 fully saturated rings. The fourth-order valence-electron chi connectivity index (χ4n) is 3.24. The summed E-state index contributed by atoms with van der Waals surface area (Å²) in [4.78, 5) is 19.9. The molecule has 1 aromatic heterocycles. The molecule has 4 nitrogen and oxygen atoms in total. The molecule has 0 radical (unpaired) electrons. The van der Waals surface area contributed by atoms with Gasteiger partial charge in [-0.05, 0) is 50.2 Å². The van der Waals surface area contributed by atoms with Crippen molar-refractivity contribution in [3.63, 3.8) is 0 Å². The molecule has 2 aromatic rings. The number of hydrogen-bond donors (Lipinski definition) is 2. The molecule has 1 saturated carbocycles. The average molecular weight is 299 g/mol. The molecule has 0 spiro atoms. The topological polar surface area (TPSA) is 57.8 Å². The summed E-state index contributed by atoms with van der Waals surface area (Å²) >= 11 is 0. The van der Waals surface area contributed by atoms with E-state index in [9.17, 15) is 4.79 Å². The maximum Gasteiger partial charge on any atom is 0.220 e. The van der Waals surface area contributed by atoms with Crippen molar-refractivity contribution in [2.75, 3.05) is 0 Å². The Morgan fingerprint density at radius 3 is 2.82 bits per heavy atom. The maximum absolute atomic E-state index is 12.0. The van der Waals surface area contributed by atoms with Gasteiger partial charge in [0.1, 0.15) is 5.82 Å². The van der Waals surface area contributed by atoms with Gasteiger partial charge in [-0.25, -0.2) is 4.98 Å². The number of carbonyl (C=O) groups is 1. The maximum atomic E-state index is 12.0. The van der Waals surface area contributed by atoms with Gasteiger partial charge in [-0.3, -0.25) is 4.79 Å². The molecule has 1 aliphatic carbocycles. The van der Waals surface area contributed by atoms with E-state index >= 15 is 0 Å². The van der Waals surface area contributed by atoms with Gasteiger partial charge >= 0.3 is 0 Å². The minimum atomic E-state index is 0.190. The second kappa shape index (κ2) is 6.95. The molecule has 0 atom stereocenters. The number of hydrogen-bond acceptors (Lipinski definition) is 2. The van der Waals surface area contributed by atoms with Crippen LogP contribution in [0.25, 0.3) is 11.0 Å². The van der Waals surface area contributed by atoms with Crippen molar-refractivity contribution < 1.29 is 4.79 Å². The number of amides is 1. The molecule has 118 valence electrons. The van der Waals surface area contributed by atoms with Gasteiger partial charge < -0.3 is 10.3 Å². The minimum Gasteiger partial charge on any atom is -0.353 e. The van der Waals surface area contributed by atoms with Gasteiger partial charge in [0, 0.05) is 18.9 Å². The second-order valence-electron chi connectivity index (χ2n) is 6.58. The van der Waals surface area contributed by atoms with E-state index in [0.717, 1.165) is 48.5 Å². The Labute approximate surface area is 131 Å². The third-order valence-electron chi connectivity index (χ3n) is 4.64. The number of carbonyl (C=O) groups excluding carboxylic acids is 1. The smallest absolute Gasteiger partial charge is 0.220 e. The van der Waals surface area contributed by atoms with Gasteiger partial charge in [0.25, 0.3) is 0 Å². The third-order valence-corrected chi connectivity index (χ3v) is 4.64. The lowest BCUT2D eigenvalue weighted by molar-refractivity contribution is -0.122. The van der Waals surface area contributed by atoms with Crippen molar-refractivity contribution in [3.8, 4) is 0 Å². The molecule has 0 aliphatic heterocycles. The molecule has 4 heteroatoms. The number of aromatic nitrogens is 2. The molecule has 1 amide bonds. The molecule has 3 rings (SSSR count). The highest BCUT2D eigenvalue weighted by Crippen LogP contribution is 2.23. The summed E-state index contributed by atoms with van der Waals surface area (Å²) in [5.41, 5.74) is 2.07. The SMILES string of the molecule is CC1CCC(NC(=O)CCCc2nc3ccccc3[nH]2)CC1. The van der Waals surface area contributed by atoms with Crippen LogP contribution in [0.4, 0.5) is 0 Å². The Bertz CT molecular complexity index is 593. The fourth-order valence-corrected chi connectivity index (χ4v) is 3.24. The van der Waals surface area contributed by atoms with Crippen LogP contribution in [0, 0.1) is 5.92 Å². The second-order valence-corrected chi connectivity index (χ2v) is 6.58. The molecule has 22 heavy (non-hydrogen) atoms. The lowest BCUT2D eigenvalue weighted by Crippen LogP contribution is -2.37. The standard InChI is InChI=1S/C18H25N3O/c1-13-9-11-14(12-10-13)19-18(22)8-4-7-17-20-15-5-2-3-6-16(15)21-17/h2-3,5-6,13-14H,4,7-12H2,1H3,(H,19,22)(H,20,21). The lowest BCUT2D eigenvalue weighted by atomic mass is 9.87. The van der Waals surface area contributed by atoms with Crippen LogP contribution in [-0.4, -0.2) is 21.9 Å². The first-order valence-corrected chi connectivity index (χ1v) is 8.43. The highest BCUT2D eigenvalue weighted by atomic mass is 16.1. The number of aromatic amines is 1. The Morgan fingerprint density at radius 1 is 1.27 bits per heavy atom. The molecule has 2 N–H and O–H groups in total. The van der Waals surface area contributed by atoms with Crippen LogP contribution in [0.2, 0.25) is 0 Å². The average Bonchev–Trinajstić information content (AvgIpc) is 2.92. The molecule has 1 heterocycles. The van der Waals surface area contributed by atoms with E-state index in [2.05, 4.69) is 22.2 Å². The quantitative estimate of drug-likeness (QED) is 0.886. The van der Waals surface area contributed by atoms with Gasteiger partial charge in [-0.2, -0.15) is 0 Å². The number of aryl methyl sites for hydroxylation is 1. The summed E-state index contributed by atoms with van der Waals surface area (Å²) < 4.78 is 0. The number of rotatable bonds is 5. The number of benzene rings is 1. The van der Waals surface area contributed by atoms with E-state index in [0.29, 0.717) is 12.5 Å². The molecule has 1 aliphatic rings. The molecule has 0 saturated heterocycles. The number of para-hydroxylation sites is 2. The Hall–Kier alpha value is -1.84. The number of H-pyrrole nitrogens is 1. The minimum absolute atomic E-state index is 0.190. The molecule has 0 unspecified atom stereocenters. The number of nitrogens with zero attached hydrogens (tertiary/aromatic N) is 1. The summed E-state index contributed by atoms with van der Waals surface area (Å²) in [6.07, 6.45) is 7.00. The van der Waals surface area contributed by atoms with Gasteiger partial charge in [-0.15, -0.1) is 0 Å². The van der Waals surface area contributed by atoms with E-state index in [1.54, 1.807) is 0 Å².